The summed E-state index contributed by atoms with van der Waals surface area (Å²) in [6, 6.07) is 7.40. The van der Waals surface area contributed by atoms with E-state index in [0.29, 0.717) is 18.7 Å². The number of ether oxygens (including phenoxy) is 1. The number of nitrogens with one attached hydrogen (secondary N) is 2. The van der Waals surface area contributed by atoms with Crippen molar-refractivity contribution in [2.45, 2.75) is 51.2 Å². The Kier molecular flexibility index (Phi) is 4.96. The molecule has 1 atom stereocenters. The maximum atomic E-state index is 11.7. The molecule has 5 heteroatoms. The lowest BCUT2D eigenvalue weighted by Crippen LogP contribution is -2.41. The molecule has 0 saturated carbocycles. The summed E-state index contributed by atoms with van der Waals surface area (Å²) in [6.45, 7) is 6.94. The molecule has 0 bridgehead atoms. The molecule has 0 spiro atoms. The average Bonchev–Trinajstić information content (AvgIpc) is 2.87. The van der Waals surface area contributed by atoms with Crippen LogP contribution in [-0.4, -0.2) is 29.9 Å². The first-order valence-electron chi connectivity index (χ1n) is 7.83. The summed E-state index contributed by atoms with van der Waals surface area (Å²) >= 11 is 0. The van der Waals surface area contributed by atoms with Crippen LogP contribution in [0.15, 0.2) is 24.3 Å². The molecule has 5 nitrogen and oxygen atoms in total. The summed E-state index contributed by atoms with van der Waals surface area (Å²) in [5.41, 5.74) is 0.129. The first-order valence-corrected chi connectivity index (χ1v) is 7.83. The number of benzene rings is 1. The molecule has 0 radical (unpaired) electrons. The number of hydrogen-bond donors (Lipinski definition) is 3. The highest BCUT2D eigenvalue weighted by molar-refractivity contribution is 5.67. The summed E-state index contributed by atoms with van der Waals surface area (Å²) in [5.74, 6) is 0.300. The second kappa shape index (κ2) is 6.57. The maximum absolute atomic E-state index is 11.7. The quantitative estimate of drug-likeness (QED) is 0.800. The second-order valence-corrected chi connectivity index (χ2v) is 6.81. The topological polar surface area (TPSA) is 70.6 Å². The largest absolute Gasteiger partial charge is 0.508 e. The van der Waals surface area contributed by atoms with E-state index in [1.807, 2.05) is 39.0 Å². The van der Waals surface area contributed by atoms with Crippen molar-refractivity contribution in [1.29, 1.82) is 0 Å². The van der Waals surface area contributed by atoms with Gasteiger partial charge in [0.2, 0.25) is 0 Å². The number of phenols is 1. The molecule has 1 saturated heterocycles. The van der Waals surface area contributed by atoms with Crippen LogP contribution in [-0.2, 0) is 10.3 Å². The van der Waals surface area contributed by atoms with E-state index in [0.717, 1.165) is 24.9 Å². The molecule has 22 heavy (non-hydrogen) atoms. The number of alkyl carbamates (subject to hydrolysis) is 1. The van der Waals surface area contributed by atoms with Gasteiger partial charge in [-0.1, -0.05) is 18.2 Å². The summed E-state index contributed by atoms with van der Waals surface area (Å²) < 4.78 is 5.24. The number of hydrogen-bond acceptors (Lipinski definition) is 4. The van der Waals surface area contributed by atoms with Crippen molar-refractivity contribution in [2.24, 2.45) is 0 Å². The second-order valence-electron chi connectivity index (χ2n) is 6.81. The van der Waals surface area contributed by atoms with Crippen LogP contribution in [0, 0.1) is 0 Å². The lowest BCUT2D eigenvalue weighted by Gasteiger charge is -2.31. The third kappa shape index (κ3) is 4.13. The van der Waals surface area contributed by atoms with E-state index in [-0.39, 0.29) is 5.54 Å². The SMILES string of the molecule is CC(C)(C)OC(=O)NCCC1(c2ccccc2O)CCCN1. The van der Waals surface area contributed by atoms with Crippen LogP contribution >= 0.6 is 0 Å². The molecule has 1 aliphatic heterocycles. The summed E-state index contributed by atoms with van der Waals surface area (Å²) in [4.78, 5) is 11.7. The maximum Gasteiger partial charge on any atom is 0.407 e. The van der Waals surface area contributed by atoms with Crippen LogP contribution in [0.25, 0.3) is 0 Å². The molecule has 122 valence electrons. The van der Waals surface area contributed by atoms with E-state index >= 15 is 0 Å². The first-order chi connectivity index (χ1) is 10.3. The predicted molar refractivity (Wildman–Crippen MR) is 85.9 cm³/mol. The number of aromatic hydroxyl groups is 1. The number of amides is 1. The zero-order chi connectivity index (χ0) is 16.2. The first kappa shape index (κ1) is 16.6. The average molecular weight is 306 g/mol. The molecule has 0 aromatic heterocycles. The number of carbonyl (C=O) groups excluding carboxylic acids is 1. The van der Waals surface area contributed by atoms with Crippen molar-refractivity contribution < 1.29 is 14.6 Å². The minimum Gasteiger partial charge on any atom is -0.508 e. The molecular formula is C17H26N2O3. The van der Waals surface area contributed by atoms with E-state index < -0.39 is 11.7 Å². The van der Waals surface area contributed by atoms with Crippen molar-refractivity contribution in [3.05, 3.63) is 29.8 Å². The molecule has 0 aliphatic carbocycles. The van der Waals surface area contributed by atoms with Crippen LogP contribution in [0.2, 0.25) is 0 Å². The van der Waals surface area contributed by atoms with E-state index in [1.165, 1.54) is 0 Å². The Balaban J connectivity index is 1.99. The monoisotopic (exact) mass is 306 g/mol. The van der Waals surface area contributed by atoms with Crippen LogP contribution in [0.4, 0.5) is 4.79 Å². The van der Waals surface area contributed by atoms with E-state index in [9.17, 15) is 9.90 Å². The van der Waals surface area contributed by atoms with E-state index in [4.69, 9.17) is 4.74 Å². The minimum atomic E-state index is -0.495. The van der Waals surface area contributed by atoms with Crippen LogP contribution in [0.1, 0.15) is 45.6 Å². The molecule has 1 heterocycles. The molecule has 1 fully saturated rings. The number of rotatable bonds is 4. The van der Waals surface area contributed by atoms with Gasteiger partial charge in [-0.2, -0.15) is 0 Å². The fourth-order valence-electron chi connectivity index (χ4n) is 2.95. The van der Waals surface area contributed by atoms with Gasteiger partial charge in [-0.25, -0.2) is 4.79 Å². The summed E-state index contributed by atoms with van der Waals surface area (Å²) in [6.07, 6.45) is 2.31. The highest BCUT2D eigenvalue weighted by atomic mass is 16.6. The van der Waals surface area contributed by atoms with Gasteiger partial charge in [-0.3, -0.25) is 0 Å². The van der Waals surface area contributed by atoms with Crippen molar-refractivity contribution >= 4 is 6.09 Å². The Morgan fingerprint density at radius 2 is 2.14 bits per heavy atom. The Labute approximate surface area is 132 Å². The predicted octanol–water partition coefficient (Wildman–Crippen LogP) is 2.89. The normalized spacial score (nSPS) is 21.6. The van der Waals surface area contributed by atoms with Gasteiger partial charge in [-0.15, -0.1) is 0 Å². The molecule has 1 unspecified atom stereocenters. The molecule has 1 aliphatic rings. The number of phenolic OH excluding ortho intramolecular Hbond substituents is 1. The van der Waals surface area contributed by atoms with Gasteiger partial charge in [0, 0.05) is 17.6 Å². The molecule has 1 aromatic rings. The van der Waals surface area contributed by atoms with Gasteiger partial charge < -0.3 is 20.5 Å². The van der Waals surface area contributed by atoms with Crippen LogP contribution < -0.4 is 10.6 Å². The highest BCUT2D eigenvalue weighted by Crippen LogP contribution is 2.38. The van der Waals surface area contributed by atoms with Gasteiger partial charge in [0.1, 0.15) is 11.4 Å². The van der Waals surface area contributed by atoms with Crippen molar-refractivity contribution in [3.63, 3.8) is 0 Å². The Bertz CT molecular complexity index is 517. The third-order valence-electron chi connectivity index (χ3n) is 3.88. The Morgan fingerprint density at radius 1 is 1.41 bits per heavy atom. The number of para-hydroxylation sites is 1. The van der Waals surface area contributed by atoms with Crippen LogP contribution in [0.5, 0.6) is 5.75 Å². The minimum absolute atomic E-state index is 0.277. The number of carbonyl (C=O) groups is 1. The fourth-order valence-corrected chi connectivity index (χ4v) is 2.95. The van der Waals surface area contributed by atoms with Gasteiger partial charge in [0.15, 0.2) is 0 Å². The Morgan fingerprint density at radius 3 is 2.73 bits per heavy atom. The lowest BCUT2D eigenvalue weighted by molar-refractivity contribution is 0.0523. The zero-order valence-corrected chi connectivity index (χ0v) is 13.6. The molecule has 1 aromatic carbocycles. The molecule has 1 amide bonds. The molecule has 2 rings (SSSR count). The standard InChI is InChI=1S/C17H26N2O3/c1-16(2,3)22-15(21)18-12-10-17(9-6-11-19-17)13-7-4-5-8-14(13)20/h4-5,7-8,19-20H,6,9-12H2,1-3H3,(H,18,21). The van der Waals surface area contributed by atoms with Gasteiger partial charge >= 0.3 is 6.09 Å². The van der Waals surface area contributed by atoms with E-state index in [1.54, 1.807) is 6.07 Å². The van der Waals surface area contributed by atoms with Crippen molar-refractivity contribution in [3.8, 4) is 5.75 Å². The third-order valence-corrected chi connectivity index (χ3v) is 3.88. The fraction of sp³-hybridized carbons (Fsp3) is 0.588. The molecule has 3 N–H and O–H groups in total. The summed E-state index contributed by atoms with van der Waals surface area (Å²) in [5, 5.41) is 16.4. The van der Waals surface area contributed by atoms with Crippen molar-refractivity contribution in [2.75, 3.05) is 13.1 Å². The smallest absolute Gasteiger partial charge is 0.407 e. The van der Waals surface area contributed by atoms with Gasteiger partial charge in [0.05, 0.1) is 0 Å². The molecular weight excluding hydrogens is 280 g/mol. The van der Waals surface area contributed by atoms with E-state index in [2.05, 4.69) is 10.6 Å². The lowest BCUT2D eigenvalue weighted by atomic mass is 9.84. The van der Waals surface area contributed by atoms with Gasteiger partial charge in [-0.05, 0) is 52.6 Å². The Hall–Kier alpha value is -1.75. The van der Waals surface area contributed by atoms with Crippen molar-refractivity contribution in [1.82, 2.24) is 10.6 Å². The summed E-state index contributed by atoms with van der Waals surface area (Å²) in [7, 11) is 0. The van der Waals surface area contributed by atoms with Crippen LogP contribution in [0.3, 0.4) is 0 Å². The van der Waals surface area contributed by atoms with Gasteiger partial charge in [0.25, 0.3) is 0 Å². The zero-order valence-electron chi connectivity index (χ0n) is 13.6. The highest BCUT2D eigenvalue weighted by Gasteiger charge is 2.36.